The Balaban J connectivity index is 1.78. The van der Waals surface area contributed by atoms with Crippen molar-refractivity contribution in [3.63, 3.8) is 0 Å². The molecule has 1 fully saturated rings. The van der Waals surface area contributed by atoms with Gasteiger partial charge < -0.3 is 20.1 Å². The van der Waals surface area contributed by atoms with E-state index in [4.69, 9.17) is 21.4 Å². The number of aliphatic hydroxyl groups excluding tert-OH is 1. The molecule has 110 valence electrons. The number of piperidine rings is 1. The number of nitrogens with one attached hydrogen (secondary N) is 1. The summed E-state index contributed by atoms with van der Waals surface area (Å²) in [5.74, 6) is 0. The van der Waals surface area contributed by atoms with E-state index in [0.29, 0.717) is 24.7 Å². The first-order valence-electron chi connectivity index (χ1n) is 6.73. The number of hydrogen-bond donors (Lipinski definition) is 2. The van der Waals surface area contributed by atoms with Crippen LogP contribution in [0.4, 0.5) is 10.5 Å². The summed E-state index contributed by atoms with van der Waals surface area (Å²) in [5.41, 5.74) is 0.734. The van der Waals surface area contributed by atoms with Gasteiger partial charge in [-0.1, -0.05) is 11.6 Å². The molecule has 2 N–H and O–H groups in total. The lowest BCUT2D eigenvalue weighted by atomic mass is 10.1. The fraction of sp³-hybridized carbons (Fsp3) is 0.500. The van der Waals surface area contributed by atoms with Crippen LogP contribution in [0.15, 0.2) is 24.3 Å². The molecule has 1 saturated heterocycles. The lowest BCUT2D eigenvalue weighted by molar-refractivity contribution is -0.000875. The zero-order valence-corrected chi connectivity index (χ0v) is 12.0. The van der Waals surface area contributed by atoms with Gasteiger partial charge in [0, 0.05) is 23.8 Å². The predicted molar refractivity (Wildman–Crippen MR) is 78.1 cm³/mol. The van der Waals surface area contributed by atoms with Gasteiger partial charge in [0.1, 0.15) is 0 Å². The Morgan fingerprint density at radius 3 is 2.60 bits per heavy atom. The monoisotopic (exact) mass is 298 g/mol. The van der Waals surface area contributed by atoms with Gasteiger partial charge in [0.25, 0.3) is 0 Å². The average molecular weight is 299 g/mol. The molecular formula is C14H19ClN2O3. The van der Waals surface area contributed by atoms with Crippen molar-refractivity contribution in [3.8, 4) is 0 Å². The van der Waals surface area contributed by atoms with Crippen molar-refractivity contribution in [2.24, 2.45) is 0 Å². The topological polar surface area (TPSA) is 61.8 Å². The first-order valence-corrected chi connectivity index (χ1v) is 7.11. The van der Waals surface area contributed by atoms with Gasteiger partial charge in [-0.3, -0.25) is 0 Å². The summed E-state index contributed by atoms with van der Waals surface area (Å²) in [6.45, 7) is 1.73. The van der Waals surface area contributed by atoms with Crippen LogP contribution < -0.4 is 5.32 Å². The highest BCUT2D eigenvalue weighted by molar-refractivity contribution is 6.30. The van der Waals surface area contributed by atoms with Crippen LogP contribution in [-0.4, -0.2) is 48.4 Å². The van der Waals surface area contributed by atoms with Crippen LogP contribution in [0, 0.1) is 0 Å². The minimum Gasteiger partial charge on any atom is -0.394 e. The summed E-state index contributed by atoms with van der Waals surface area (Å²) >= 11 is 5.80. The van der Waals surface area contributed by atoms with Crippen molar-refractivity contribution in [1.82, 2.24) is 4.90 Å². The summed E-state index contributed by atoms with van der Waals surface area (Å²) in [4.78, 5) is 13.8. The Hall–Kier alpha value is -1.30. The average Bonchev–Trinajstić information content (AvgIpc) is 2.48. The highest BCUT2D eigenvalue weighted by Gasteiger charge is 2.23. The van der Waals surface area contributed by atoms with Gasteiger partial charge >= 0.3 is 6.03 Å². The molecule has 0 aromatic heterocycles. The highest BCUT2D eigenvalue weighted by Crippen LogP contribution is 2.17. The number of ether oxygens (including phenoxy) is 1. The van der Waals surface area contributed by atoms with Gasteiger partial charge in [0.15, 0.2) is 0 Å². The van der Waals surface area contributed by atoms with E-state index in [2.05, 4.69) is 5.32 Å². The van der Waals surface area contributed by atoms with Gasteiger partial charge in [-0.05, 0) is 37.1 Å². The number of hydrogen-bond acceptors (Lipinski definition) is 3. The number of aliphatic hydroxyl groups is 1. The normalized spacial score (nSPS) is 16.2. The second-order valence-electron chi connectivity index (χ2n) is 4.72. The maximum Gasteiger partial charge on any atom is 0.321 e. The smallest absolute Gasteiger partial charge is 0.321 e. The van der Waals surface area contributed by atoms with E-state index in [0.717, 1.165) is 18.5 Å². The third-order valence-electron chi connectivity index (χ3n) is 3.27. The second-order valence-corrected chi connectivity index (χ2v) is 5.15. The number of carbonyl (C=O) groups excluding carboxylic acids is 1. The van der Waals surface area contributed by atoms with Crippen LogP contribution >= 0.6 is 11.6 Å². The van der Waals surface area contributed by atoms with E-state index in [9.17, 15) is 4.79 Å². The molecule has 6 heteroatoms. The number of benzene rings is 1. The Labute approximate surface area is 123 Å². The first-order chi connectivity index (χ1) is 9.69. The molecule has 2 rings (SSSR count). The summed E-state index contributed by atoms with van der Waals surface area (Å²) in [6.07, 6.45) is 1.74. The number of nitrogens with zero attached hydrogens (tertiary/aromatic N) is 1. The lowest BCUT2D eigenvalue weighted by Gasteiger charge is -2.31. The fourth-order valence-corrected chi connectivity index (χ4v) is 2.31. The fourth-order valence-electron chi connectivity index (χ4n) is 2.18. The maximum absolute atomic E-state index is 12.1. The Kier molecular flexibility index (Phi) is 5.64. The molecule has 0 unspecified atom stereocenters. The molecule has 0 radical (unpaired) electrons. The maximum atomic E-state index is 12.1. The van der Waals surface area contributed by atoms with Gasteiger partial charge in [-0.15, -0.1) is 0 Å². The molecule has 20 heavy (non-hydrogen) atoms. The summed E-state index contributed by atoms with van der Waals surface area (Å²) in [6, 6.07) is 6.93. The SMILES string of the molecule is O=C(Nc1ccc(Cl)cc1)N1CCC(OCCO)CC1. The molecule has 0 spiro atoms. The third-order valence-corrected chi connectivity index (χ3v) is 3.52. The zero-order chi connectivity index (χ0) is 14.4. The van der Waals surface area contributed by atoms with Gasteiger partial charge in [-0.25, -0.2) is 4.79 Å². The van der Waals surface area contributed by atoms with E-state index in [-0.39, 0.29) is 18.7 Å². The Morgan fingerprint density at radius 1 is 1.35 bits per heavy atom. The van der Waals surface area contributed by atoms with Crippen molar-refractivity contribution in [2.75, 3.05) is 31.6 Å². The van der Waals surface area contributed by atoms with E-state index < -0.39 is 0 Å². The first kappa shape index (κ1) is 15.1. The molecule has 1 heterocycles. The largest absolute Gasteiger partial charge is 0.394 e. The van der Waals surface area contributed by atoms with Crippen LogP contribution in [0.2, 0.25) is 5.02 Å². The highest BCUT2D eigenvalue weighted by atomic mass is 35.5. The van der Waals surface area contributed by atoms with E-state index in [1.54, 1.807) is 29.2 Å². The van der Waals surface area contributed by atoms with Crippen LogP contribution in [0.5, 0.6) is 0 Å². The molecule has 2 amide bonds. The molecule has 5 nitrogen and oxygen atoms in total. The van der Waals surface area contributed by atoms with Crippen molar-refractivity contribution < 1.29 is 14.6 Å². The van der Waals surface area contributed by atoms with Crippen molar-refractivity contribution in [3.05, 3.63) is 29.3 Å². The van der Waals surface area contributed by atoms with Crippen molar-refractivity contribution in [2.45, 2.75) is 18.9 Å². The molecule has 1 aliphatic heterocycles. The number of carbonyl (C=O) groups is 1. The zero-order valence-electron chi connectivity index (χ0n) is 11.2. The van der Waals surface area contributed by atoms with Gasteiger partial charge in [-0.2, -0.15) is 0 Å². The number of urea groups is 1. The lowest BCUT2D eigenvalue weighted by Crippen LogP contribution is -2.43. The standard InChI is InChI=1S/C14H19ClN2O3/c15-11-1-3-12(4-2-11)16-14(19)17-7-5-13(6-8-17)20-10-9-18/h1-4,13,18H,5-10H2,(H,16,19). The molecule has 1 aromatic rings. The quantitative estimate of drug-likeness (QED) is 0.897. The van der Waals surface area contributed by atoms with Crippen molar-refractivity contribution in [1.29, 1.82) is 0 Å². The van der Waals surface area contributed by atoms with E-state index in [1.165, 1.54) is 0 Å². The molecule has 0 aliphatic carbocycles. The summed E-state index contributed by atoms with van der Waals surface area (Å²) in [7, 11) is 0. The van der Waals surface area contributed by atoms with E-state index >= 15 is 0 Å². The predicted octanol–water partition coefficient (Wildman–Crippen LogP) is 2.35. The second kappa shape index (κ2) is 7.47. The number of anilines is 1. The van der Waals surface area contributed by atoms with Crippen LogP contribution in [0.1, 0.15) is 12.8 Å². The van der Waals surface area contributed by atoms with Gasteiger partial charge in [0.2, 0.25) is 0 Å². The third kappa shape index (κ3) is 4.37. The number of rotatable bonds is 4. The van der Waals surface area contributed by atoms with Crippen molar-refractivity contribution >= 4 is 23.3 Å². The number of likely N-dealkylation sites (tertiary alicyclic amines) is 1. The number of amides is 2. The van der Waals surface area contributed by atoms with Crippen LogP contribution in [0.25, 0.3) is 0 Å². The van der Waals surface area contributed by atoms with E-state index in [1.807, 2.05) is 0 Å². The minimum absolute atomic E-state index is 0.0390. The van der Waals surface area contributed by atoms with Crippen LogP contribution in [0.3, 0.4) is 0 Å². The Bertz CT molecular complexity index is 431. The molecular weight excluding hydrogens is 280 g/mol. The Morgan fingerprint density at radius 2 is 2.00 bits per heavy atom. The van der Waals surface area contributed by atoms with Gasteiger partial charge in [0.05, 0.1) is 19.3 Å². The molecule has 1 aliphatic rings. The molecule has 0 saturated carbocycles. The molecule has 0 bridgehead atoms. The minimum atomic E-state index is -0.104. The molecule has 0 atom stereocenters. The van der Waals surface area contributed by atoms with Crippen LogP contribution in [-0.2, 0) is 4.74 Å². The summed E-state index contributed by atoms with van der Waals surface area (Å²) < 4.78 is 5.47. The molecule has 1 aromatic carbocycles. The number of halogens is 1. The summed E-state index contributed by atoms with van der Waals surface area (Å²) in [5, 5.41) is 12.2.